The highest BCUT2D eigenvalue weighted by molar-refractivity contribution is 5.87. The van der Waals surface area contributed by atoms with Gasteiger partial charge in [-0.15, -0.1) is 0 Å². The largest absolute Gasteiger partial charge is 0.353 e. The Morgan fingerprint density at radius 3 is 2.51 bits per heavy atom. The molecule has 0 unspecified atom stereocenters. The van der Waals surface area contributed by atoms with Gasteiger partial charge in [-0.2, -0.15) is 15.5 Å². The van der Waals surface area contributed by atoms with Crippen molar-refractivity contribution in [3.63, 3.8) is 0 Å². The Bertz CT molecular complexity index is 1430. The minimum Gasteiger partial charge on any atom is -0.353 e. The van der Waals surface area contributed by atoms with Crippen LogP contribution in [-0.2, 0) is 11.8 Å². The zero-order valence-corrected chi connectivity index (χ0v) is 19.6. The van der Waals surface area contributed by atoms with E-state index in [-0.39, 0.29) is 0 Å². The lowest BCUT2D eigenvalue weighted by molar-refractivity contribution is -0.131. The first-order valence-electron chi connectivity index (χ1n) is 12.0. The number of carbonyl (C=O) groups is 1. The van der Waals surface area contributed by atoms with E-state index in [9.17, 15) is 10.1 Å². The Hall–Kier alpha value is -4.19. The highest BCUT2D eigenvalue weighted by atomic mass is 16.2. The molecular formula is C26H26N8O. The number of fused-ring (bicyclic) bond motifs is 1. The number of anilines is 1. The molecule has 6 rings (SSSR count). The van der Waals surface area contributed by atoms with Crippen LogP contribution in [0.3, 0.4) is 0 Å². The number of nitrogens with zero attached hydrogens (tertiary/aromatic N) is 8. The van der Waals surface area contributed by atoms with Gasteiger partial charge in [-0.3, -0.25) is 9.48 Å². The maximum atomic E-state index is 12.4. The average Bonchev–Trinajstić information content (AvgIpc) is 3.43. The summed E-state index contributed by atoms with van der Waals surface area (Å²) in [5, 5.41) is 18.3. The lowest BCUT2D eigenvalue weighted by atomic mass is 10.0. The van der Waals surface area contributed by atoms with Crippen molar-refractivity contribution in [2.24, 2.45) is 13.0 Å². The molecule has 4 aromatic heterocycles. The highest BCUT2D eigenvalue weighted by Gasteiger charge is 2.29. The monoisotopic (exact) mass is 466 g/mol. The highest BCUT2D eigenvalue weighted by Crippen LogP contribution is 2.34. The van der Waals surface area contributed by atoms with Crippen molar-refractivity contribution in [1.29, 1.82) is 5.26 Å². The number of amides is 1. The van der Waals surface area contributed by atoms with E-state index in [4.69, 9.17) is 4.98 Å². The van der Waals surface area contributed by atoms with Crippen LogP contribution in [0.1, 0.15) is 24.8 Å². The maximum Gasteiger partial charge on any atom is 0.222 e. The van der Waals surface area contributed by atoms with E-state index in [0.717, 1.165) is 59.8 Å². The predicted molar refractivity (Wildman–Crippen MR) is 131 cm³/mol. The van der Waals surface area contributed by atoms with Crippen LogP contribution in [0.4, 0.5) is 5.82 Å². The second kappa shape index (κ2) is 8.55. The summed E-state index contributed by atoms with van der Waals surface area (Å²) in [7, 11) is 1.89. The third kappa shape index (κ3) is 4.12. The van der Waals surface area contributed by atoms with Crippen molar-refractivity contribution in [2.75, 3.05) is 31.1 Å². The van der Waals surface area contributed by atoms with E-state index < -0.39 is 0 Å². The third-order valence-corrected chi connectivity index (χ3v) is 6.95. The molecule has 0 aromatic carbocycles. The van der Waals surface area contributed by atoms with Crippen LogP contribution in [0.25, 0.3) is 27.8 Å². The standard InChI is InChI=1S/C26H26N8O/c1-31-16-22(15-29-31)20-11-23(26-21(12-27)14-30-34(26)17-20)19-4-5-24(28-13-19)32-6-8-33(9-7-32)25(35)10-18-2-3-18/h4-5,11,13-18H,2-3,6-10H2,1H3. The van der Waals surface area contributed by atoms with Crippen LogP contribution in [-0.4, -0.2) is 61.4 Å². The number of aromatic nitrogens is 5. The van der Waals surface area contributed by atoms with E-state index in [2.05, 4.69) is 27.2 Å². The molecule has 1 saturated carbocycles. The number of hydrogen-bond acceptors (Lipinski definition) is 6. The van der Waals surface area contributed by atoms with E-state index in [1.807, 2.05) is 48.9 Å². The lowest BCUT2D eigenvalue weighted by Crippen LogP contribution is -2.49. The topological polar surface area (TPSA) is 95.3 Å². The number of piperazine rings is 1. The van der Waals surface area contributed by atoms with Gasteiger partial charge in [-0.05, 0) is 37.0 Å². The maximum absolute atomic E-state index is 12.4. The number of aryl methyl sites for hydroxylation is 1. The first-order chi connectivity index (χ1) is 17.1. The summed E-state index contributed by atoms with van der Waals surface area (Å²) in [6.45, 7) is 3.05. The molecule has 9 heteroatoms. The van der Waals surface area contributed by atoms with Crippen molar-refractivity contribution in [3.05, 3.63) is 54.7 Å². The molecule has 35 heavy (non-hydrogen) atoms. The fourth-order valence-electron chi connectivity index (χ4n) is 4.77. The summed E-state index contributed by atoms with van der Waals surface area (Å²) in [4.78, 5) is 21.4. The lowest BCUT2D eigenvalue weighted by Gasteiger charge is -2.35. The molecule has 1 amide bonds. The average molecular weight is 467 g/mol. The molecule has 1 saturated heterocycles. The summed E-state index contributed by atoms with van der Waals surface area (Å²) in [6.07, 6.45) is 12.3. The molecule has 9 nitrogen and oxygen atoms in total. The Balaban J connectivity index is 1.26. The van der Waals surface area contributed by atoms with E-state index >= 15 is 0 Å². The van der Waals surface area contributed by atoms with Gasteiger partial charge in [0.2, 0.25) is 5.91 Å². The number of rotatable bonds is 5. The molecular weight excluding hydrogens is 440 g/mol. The smallest absolute Gasteiger partial charge is 0.222 e. The Morgan fingerprint density at radius 1 is 1.03 bits per heavy atom. The first kappa shape index (κ1) is 21.4. The Kier molecular flexibility index (Phi) is 5.21. The van der Waals surface area contributed by atoms with Crippen molar-refractivity contribution in [2.45, 2.75) is 19.3 Å². The van der Waals surface area contributed by atoms with Crippen molar-refractivity contribution in [3.8, 4) is 28.3 Å². The fraction of sp³-hybridized carbons (Fsp3) is 0.346. The van der Waals surface area contributed by atoms with Gasteiger partial charge in [0, 0.05) is 80.5 Å². The van der Waals surface area contributed by atoms with Gasteiger partial charge in [-0.1, -0.05) is 0 Å². The molecule has 5 heterocycles. The van der Waals surface area contributed by atoms with E-state index in [0.29, 0.717) is 23.8 Å². The van der Waals surface area contributed by atoms with Crippen LogP contribution in [0.15, 0.2) is 49.2 Å². The molecule has 0 bridgehead atoms. The number of hydrogen-bond donors (Lipinski definition) is 0. The van der Waals surface area contributed by atoms with Gasteiger partial charge in [0.05, 0.1) is 23.5 Å². The first-order valence-corrected chi connectivity index (χ1v) is 12.0. The fourth-order valence-corrected chi connectivity index (χ4v) is 4.77. The van der Waals surface area contributed by atoms with Gasteiger partial charge in [0.25, 0.3) is 0 Å². The molecule has 0 spiro atoms. The minimum atomic E-state index is 0.294. The van der Waals surface area contributed by atoms with Gasteiger partial charge < -0.3 is 9.80 Å². The molecule has 0 radical (unpaired) electrons. The number of carbonyl (C=O) groups excluding carboxylic acids is 1. The van der Waals surface area contributed by atoms with E-state index in [1.54, 1.807) is 15.4 Å². The van der Waals surface area contributed by atoms with Crippen LogP contribution in [0, 0.1) is 17.2 Å². The molecule has 2 aliphatic rings. The van der Waals surface area contributed by atoms with Crippen LogP contribution in [0.5, 0.6) is 0 Å². The Labute approximate surface area is 203 Å². The summed E-state index contributed by atoms with van der Waals surface area (Å²) in [5.74, 6) is 1.81. The quantitative estimate of drug-likeness (QED) is 0.449. The zero-order chi connectivity index (χ0) is 23.9. The molecule has 1 aliphatic carbocycles. The predicted octanol–water partition coefficient (Wildman–Crippen LogP) is 3.12. The molecule has 176 valence electrons. The van der Waals surface area contributed by atoms with Gasteiger partial charge in [0.1, 0.15) is 11.9 Å². The molecule has 4 aromatic rings. The normalized spacial score (nSPS) is 16.0. The van der Waals surface area contributed by atoms with Crippen molar-refractivity contribution in [1.82, 2.24) is 29.3 Å². The Morgan fingerprint density at radius 2 is 1.86 bits per heavy atom. The third-order valence-electron chi connectivity index (χ3n) is 6.95. The van der Waals surface area contributed by atoms with Crippen LogP contribution >= 0.6 is 0 Å². The second-order valence-electron chi connectivity index (χ2n) is 9.43. The number of pyridine rings is 2. The van der Waals surface area contributed by atoms with E-state index in [1.165, 1.54) is 12.8 Å². The summed E-state index contributed by atoms with van der Waals surface area (Å²) in [5.41, 5.74) is 5.04. The molecule has 2 fully saturated rings. The summed E-state index contributed by atoms with van der Waals surface area (Å²) < 4.78 is 3.51. The van der Waals surface area contributed by atoms with Crippen LogP contribution in [0.2, 0.25) is 0 Å². The molecule has 0 atom stereocenters. The van der Waals surface area contributed by atoms with Gasteiger partial charge in [-0.25, -0.2) is 9.50 Å². The van der Waals surface area contributed by atoms with Crippen molar-refractivity contribution >= 4 is 17.2 Å². The zero-order valence-electron chi connectivity index (χ0n) is 19.6. The van der Waals surface area contributed by atoms with Gasteiger partial charge >= 0.3 is 0 Å². The van der Waals surface area contributed by atoms with Crippen molar-refractivity contribution < 1.29 is 4.79 Å². The number of nitriles is 1. The molecule has 0 N–H and O–H groups in total. The summed E-state index contributed by atoms with van der Waals surface area (Å²) >= 11 is 0. The van der Waals surface area contributed by atoms with Gasteiger partial charge in [0.15, 0.2) is 0 Å². The molecule has 1 aliphatic heterocycles. The van der Waals surface area contributed by atoms with Crippen LogP contribution < -0.4 is 4.90 Å². The SMILES string of the molecule is Cn1cc(-c2cc(-c3ccc(N4CCN(C(=O)CC5CC5)CC4)nc3)c3c(C#N)cnn3c2)cn1. The minimum absolute atomic E-state index is 0.294. The second-order valence-corrected chi connectivity index (χ2v) is 9.43. The summed E-state index contributed by atoms with van der Waals surface area (Å²) in [6, 6.07) is 8.39.